The number of carbonyl (C=O) groups is 2. The molecule has 0 spiro atoms. The molecule has 1 amide bonds. The highest BCUT2D eigenvalue weighted by atomic mass is 16.5. The highest BCUT2D eigenvalue weighted by molar-refractivity contribution is 5.94. The lowest BCUT2D eigenvalue weighted by Gasteiger charge is -2.30. The van der Waals surface area contributed by atoms with Crippen LogP contribution in [0.25, 0.3) is 10.9 Å². The molecule has 2 aromatic carbocycles. The summed E-state index contributed by atoms with van der Waals surface area (Å²) in [5.74, 6) is -0.570. The van der Waals surface area contributed by atoms with Gasteiger partial charge in [0.15, 0.2) is 0 Å². The first kappa shape index (κ1) is 20.7. The van der Waals surface area contributed by atoms with Crippen molar-refractivity contribution in [2.45, 2.75) is 26.4 Å². The Hall–Kier alpha value is -3.61. The Morgan fingerprint density at radius 1 is 1.13 bits per heavy atom. The molecular weight excluding hydrogens is 396 g/mol. The maximum Gasteiger partial charge on any atom is 0.306 e. The molecule has 7 heteroatoms. The summed E-state index contributed by atoms with van der Waals surface area (Å²) in [4.78, 5) is 40.1. The highest BCUT2D eigenvalue weighted by Gasteiger charge is 2.27. The first-order valence-electron chi connectivity index (χ1n) is 10.3. The molecular formula is C24H24N2O5. The molecule has 0 unspecified atom stereocenters. The number of carboxylic acids is 1. The van der Waals surface area contributed by atoms with Crippen LogP contribution in [0.3, 0.4) is 0 Å². The third kappa shape index (κ3) is 4.60. The summed E-state index contributed by atoms with van der Waals surface area (Å²) in [5.41, 5.74) is 2.94. The highest BCUT2D eigenvalue weighted by Crippen LogP contribution is 2.23. The number of piperidine rings is 1. The molecule has 2 N–H and O–H groups in total. The van der Waals surface area contributed by atoms with E-state index in [0.717, 1.165) is 22.0 Å². The van der Waals surface area contributed by atoms with Gasteiger partial charge in [-0.15, -0.1) is 0 Å². The predicted molar refractivity (Wildman–Crippen MR) is 116 cm³/mol. The number of H-pyrrole nitrogens is 1. The van der Waals surface area contributed by atoms with Gasteiger partial charge in [-0.3, -0.25) is 14.4 Å². The summed E-state index contributed by atoms with van der Waals surface area (Å²) in [6.07, 6.45) is 0.965. The van der Waals surface area contributed by atoms with Gasteiger partial charge in [-0.2, -0.15) is 0 Å². The standard InChI is InChI=1S/C24H24N2O5/c1-15-11-22(27)25-21-6-5-19(13-20(15)21)31-14-16-3-2-4-18(12-16)23(28)26-9-7-17(8-10-26)24(29)30/h2-6,11-13,17H,7-10,14H2,1H3,(H,25,27)(H,29,30). The Labute approximate surface area is 179 Å². The number of likely N-dealkylation sites (tertiary alicyclic amines) is 1. The van der Waals surface area contributed by atoms with E-state index in [1.54, 1.807) is 23.1 Å². The quantitative estimate of drug-likeness (QED) is 0.659. The number of rotatable bonds is 5. The molecule has 7 nitrogen and oxygen atoms in total. The zero-order valence-corrected chi connectivity index (χ0v) is 17.3. The van der Waals surface area contributed by atoms with E-state index in [1.807, 2.05) is 37.3 Å². The number of pyridine rings is 1. The number of aromatic amines is 1. The maximum atomic E-state index is 12.8. The molecule has 0 bridgehead atoms. The number of aryl methyl sites for hydroxylation is 1. The Morgan fingerprint density at radius 3 is 2.65 bits per heavy atom. The van der Waals surface area contributed by atoms with Crippen LogP contribution in [0.1, 0.15) is 34.3 Å². The molecule has 160 valence electrons. The van der Waals surface area contributed by atoms with Crippen molar-refractivity contribution in [3.05, 3.63) is 75.6 Å². The van der Waals surface area contributed by atoms with Gasteiger partial charge < -0.3 is 19.7 Å². The number of nitrogens with zero attached hydrogens (tertiary/aromatic N) is 1. The van der Waals surface area contributed by atoms with Crippen LogP contribution in [0, 0.1) is 12.8 Å². The predicted octanol–water partition coefficient (Wildman–Crippen LogP) is 3.35. The van der Waals surface area contributed by atoms with Crippen molar-refractivity contribution in [2.24, 2.45) is 5.92 Å². The van der Waals surface area contributed by atoms with Gasteiger partial charge in [-0.05, 0) is 61.2 Å². The van der Waals surface area contributed by atoms with Crippen molar-refractivity contribution in [3.8, 4) is 5.75 Å². The van der Waals surface area contributed by atoms with Gasteiger partial charge in [-0.1, -0.05) is 12.1 Å². The monoisotopic (exact) mass is 420 g/mol. The molecule has 31 heavy (non-hydrogen) atoms. The van der Waals surface area contributed by atoms with Crippen molar-refractivity contribution in [1.29, 1.82) is 0 Å². The number of benzene rings is 2. The van der Waals surface area contributed by atoms with E-state index in [1.165, 1.54) is 0 Å². The fourth-order valence-corrected chi connectivity index (χ4v) is 3.96. The van der Waals surface area contributed by atoms with Crippen LogP contribution in [0.15, 0.2) is 53.3 Å². The number of nitrogens with one attached hydrogen (secondary N) is 1. The topological polar surface area (TPSA) is 99.7 Å². The average Bonchev–Trinajstić information content (AvgIpc) is 2.77. The lowest BCUT2D eigenvalue weighted by molar-refractivity contribution is -0.143. The van der Waals surface area contributed by atoms with Crippen molar-refractivity contribution in [2.75, 3.05) is 13.1 Å². The number of fused-ring (bicyclic) bond motifs is 1. The SMILES string of the molecule is Cc1cc(=O)[nH]c2ccc(OCc3cccc(C(=O)N4CCC(C(=O)O)CC4)c3)cc12. The molecule has 0 saturated carbocycles. The van der Waals surface area contributed by atoms with E-state index in [-0.39, 0.29) is 17.4 Å². The number of carbonyl (C=O) groups excluding carboxylic acids is 1. The van der Waals surface area contributed by atoms with Crippen LogP contribution in [0.5, 0.6) is 5.75 Å². The largest absolute Gasteiger partial charge is 0.489 e. The number of carboxylic acid groups (broad SMARTS) is 1. The molecule has 0 atom stereocenters. The summed E-state index contributed by atoms with van der Waals surface area (Å²) in [6.45, 7) is 3.09. The molecule has 0 radical (unpaired) electrons. The van der Waals surface area contributed by atoms with Crippen molar-refractivity contribution < 1.29 is 19.4 Å². The van der Waals surface area contributed by atoms with Gasteiger partial charge in [0.05, 0.1) is 5.92 Å². The van der Waals surface area contributed by atoms with Crippen LogP contribution in [-0.2, 0) is 11.4 Å². The Morgan fingerprint density at radius 2 is 1.90 bits per heavy atom. The first-order chi connectivity index (χ1) is 14.9. The Balaban J connectivity index is 1.43. The minimum Gasteiger partial charge on any atom is -0.489 e. The number of hydrogen-bond acceptors (Lipinski definition) is 4. The van der Waals surface area contributed by atoms with Crippen LogP contribution in [0.4, 0.5) is 0 Å². The van der Waals surface area contributed by atoms with Gasteiger partial charge in [0, 0.05) is 35.6 Å². The van der Waals surface area contributed by atoms with Gasteiger partial charge in [0.1, 0.15) is 12.4 Å². The maximum absolute atomic E-state index is 12.8. The zero-order valence-electron chi connectivity index (χ0n) is 17.3. The third-order valence-corrected chi connectivity index (χ3v) is 5.73. The lowest BCUT2D eigenvalue weighted by atomic mass is 9.96. The normalized spacial score (nSPS) is 14.5. The molecule has 4 rings (SSSR count). The van der Waals surface area contributed by atoms with Crippen molar-refractivity contribution in [1.82, 2.24) is 9.88 Å². The number of aromatic nitrogens is 1. The molecule has 3 aromatic rings. The van der Waals surface area contributed by atoms with Crippen LogP contribution >= 0.6 is 0 Å². The van der Waals surface area contributed by atoms with E-state index in [4.69, 9.17) is 9.84 Å². The van der Waals surface area contributed by atoms with Crippen LogP contribution < -0.4 is 10.3 Å². The molecule has 1 saturated heterocycles. The first-order valence-corrected chi connectivity index (χ1v) is 10.3. The van der Waals surface area contributed by atoms with E-state index in [9.17, 15) is 14.4 Å². The Bertz CT molecular complexity index is 1190. The number of hydrogen-bond donors (Lipinski definition) is 2. The molecule has 1 aromatic heterocycles. The summed E-state index contributed by atoms with van der Waals surface area (Å²) < 4.78 is 5.92. The zero-order chi connectivity index (χ0) is 22.0. The van der Waals surface area contributed by atoms with Gasteiger partial charge >= 0.3 is 5.97 Å². The summed E-state index contributed by atoms with van der Waals surface area (Å²) in [7, 11) is 0. The smallest absolute Gasteiger partial charge is 0.306 e. The second kappa shape index (κ2) is 8.63. The van der Waals surface area contributed by atoms with E-state index in [2.05, 4.69) is 4.98 Å². The van der Waals surface area contributed by atoms with Gasteiger partial charge in [0.25, 0.3) is 5.91 Å². The van der Waals surface area contributed by atoms with Crippen LogP contribution in [-0.4, -0.2) is 40.0 Å². The minimum absolute atomic E-state index is 0.0871. The molecule has 0 aliphatic carbocycles. The van der Waals surface area contributed by atoms with E-state index >= 15 is 0 Å². The van der Waals surface area contributed by atoms with Crippen molar-refractivity contribution >= 4 is 22.8 Å². The molecule has 1 aliphatic rings. The van der Waals surface area contributed by atoms with E-state index in [0.29, 0.717) is 43.9 Å². The average molecular weight is 420 g/mol. The van der Waals surface area contributed by atoms with Crippen LogP contribution in [0.2, 0.25) is 0 Å². The number of amides is 1. The van der Waals surface area contributed by atoms with Crippen molar-refractivity contribution in [3.63, 3.8) is 0 Å². The van der Waals surface area contributed by atoms with Gasteiger partial charge in [-0.25, -0.2) is 0 Å². The lowest BCUT2D eigenvalue weighted by Crippen LogP contribution is -2.40. The second-order valence-electron chi connectivity index (χ2n) is 7.92. The summed E-state index contributed by atoms with van der Waals surface area (Å²) in [6, 6.07) is 14.4. The molecule has 1 fully saturated rings. The number of ether oxygens (including phenoxy) is 1. The summed E-state index contributed by atoms with van der Waals surface area (Å²) >= 11 is 0. The summed E-state index contributed by atoms with van der Waals surface area (Å²) in [5, 5.41) is 10.0. The fourth-order valence-electron chi connectivity index (χ4n) is 3.96. The molecule has 2 heterocycles. The van der Waals surface area contributed by atoms with Gasteiger partial charge in [0.2, 0.25) is 5.56 Å². The minimum atomic E-state index is -0.790. The Kier molecular flexibility index (Phi) is 5.75. The second-order valence-corrected chi connectivity index (χ2v) is 7.92. The number of aliphatic carboxylic acids is 1. The fraction of sp³-hybridized carbons (Fsp3) is 0.292. The third-order valence-electron chi connectivity index (χ3n) is 5.73. The molecule has 1 aliphatic heterocycles. The van der Waals surface area contributed by atoms with E-state index < -0.39 is 5.97 Å².